The quantitative estimate of drug-likeness (QED) is 0.640. The number of aromatic nitrogens is 2. The van der Waals surface area contributed by atoms with Crippen LogP contribution in [0, 0.1) is 0 Å². The molecule has 3 aromatic rings. The van der Waals surface area contributed by atoms with Gasteiger partial charge in [-0.05, 0) is 56.3 Å². The summed E-state index contributed by atoms with van der Waals surface area (Å²) in [6, 6.07) is 7.26. The zero-order valence-electron chi connectivity index (χ0n) is 15.2. The number of likely N-dealkylation sites (N-methyl/N-ethyl adjacent to an activating group) is 1. The molecular weight excluding hydrogens is 382 g/mol. The summed E-state index contributed by atoms with van der Waals surface area (Å²) in [4.78, 5) is 22.6. The number of thiophene rings is 1. The van der Waals surface area contributed by atoms with Crippen molar-refractivity contribution in [2.75, 3.05) is 32.0 Å². The van der Waals surface area contributed by atoms with Gasteiger partial charge >= 0.3 is 0 Å². The molecule has 1 aliphatic heterocycles. The fourth-order valence-corrected chi connectivity index (χ4v) is 4.84. The van der Waals surface area contributed by atoms with Gasteiger partial charge in [-0.2, -0.15) is 0 Å². The van der Waals surface area contributed by atoms with Crippen molar-refractivity contribution in [2.24, 2.45) is 5.73 Å². The molecule has 2 aromatic heterocycles. The highest BCUT2D eigenvalue weighted by molar-refractivity contribution is 7.18. The van der Waals surface area contributed by atoms with E-state index in [-0.39, 0.29) is 5.56 Å². The molecule has 0 saturated carbocycles. The van der Waals surface area contributed by atoms with E-state index in [0.29, 0.717) is 24.1 Å². The first-order valence-corrected chi connectivity index (χ1v) is 10.2. The number of rotatable bonds is 5. The van der Waals surface area contributed by atoms with Crippen molar-refractivity contribution < 1.29 is 0 Å². The molecule has 0 radical (unpaired) electrons. The first-order valence-electron chi connectivity index (χ1n) is 9.04. The summed E-state index contributed by atoms with van der Waals surface area (Å²) in [5.41, 5.74) is 7.49. The number of halogens is 1. The van der Waals surface area contributed by atoms with Gasteiger partial charge in [0, 0.05) is 29.5 Å². The molecule has 6 nitrogen and oxygen atoms in total. The molecule has 0 amide bonds. The highest BCUT2D eigenvalue weighted by Crippen LogP contribution is 2.33. The second-order valence-corrected chi connectivity index (χ2v) is 8.31. The van der Waals surface area contributed by atoms with Crippen LogP contribution in [0.4, 0.5) is 5.95 Å². The van der Waals surface area contributed by atoms with Crippen molar-refractivity contribution in [3.05, 3.63) is 50.1 Å². The summed E-state index contributed by atoms with van der Waals surface area (Å²) in [6.45, 7) is 3.07. The van der Waals surface area contributed by atoms with Crippen molar-refractivity contribution in [3.8, 4) is 5.69 Å². The minimum atomic E-state index is -0.0281. The van der Waals surface area contributed by atoms with Gasteiger partial charge in [0.05, 0.1) is 11.1 Å². The molecule has 8 heteroatoms. The van der Waals surface area contributed by atoms with E-state index in [9.17, 15) is 4.79 Å². The van der Waals surface area contributed by atoms with Crippen LogP contribution in [0.3, 0.4) is 0 Å². The Morgan fingerprint density at radius 1 is 1.33 bits per heavy atom. The molecule has 0 fully saturated rings. The molecule has 0 unspecified atom stereocenters. The van der Waals surface area contributed by atoms with E-state index < -0.39 is 0 Å². The van der Waals surface area contributed by atoms with Gasteiger partial charge in [-0.25, -0.2) is 9.55 Å². The lowest BCUT2D eigenvalue weighted by Crippen LogP contribution is -2.27. The van der Waals surface area contributed by atoms with E-state index in [4.69, 9.17) is 22.3 Å². The van der Waals surface area contributed by atoms with Crippen LogP contribution in [-0.2, 0) is 13.0 Å². The van der Waals surface area contributed by atoms with Crippen LogP contribution in [-0.4, -0.2) is 41.1 Å². The second-order valence-electron chi connectivity index (χ2n) is 6.79. The van der Waals surface area contributed by atoms with E-state index in [2.05, 4.69) is 17.3 Å². The van der Waals surface area contributed by atoms with Crippen LogP contribution in [0.2, 0.25) is 5.02 Å². The summed E-state index contributed by atoms with van der Waals surface area (Å²) >= 11 is 7.66. The first kappa shape index (κ1) is 18.4. The average molecular weight is 404 g/mol. The fraction of sp³-hybridized carbons (Fsp3) is 0.368. The minimum Gasteiger partial charge on any atom is -0.355 e. The molecule has 3 heterocycles. The molecule has 1 aliphatic rings. The summed E-state index contributed by atoms with van der Waals surface area (Å²) < 4.78 is 1.65. The summed E-state index contributed by atoms with van der Waals surface area (Å²) in [7, 11) is 2.10. The maximum atomic E-state index is 13.5. The van der Waals surface area contributed by atoms with Crippen molar-refractivity contribution in [1.82, 2.24) is 14.5 Å². The highest BCUT2D eigenvalue weighted by atomic mass is 35.5. The Kier molecular flexibility index (Phi) is 5.19. The van der Waals surface area contributed by atoms with Gasteiger partial charge in [0.1, 0.15) is 4.83 Å². The molecule has 0 aliphatic carbocycles. The first-order chi connectivity index (χ1) is 13.1. The van der Waals surface area contributed by atoms with Crippen molar-refractivity contribution >= 4 is 39.1 Å². The molecule has 1 aromatic carbocycles. The fourth-order valence-electron chi connectivity index (χ4n) is 3.42. The third-order valence-electron chi connectivity index (χ3n) is 4.81. The van der Waals surface area contributed by atoms with Gasteiger partial charge in [0.15, 0.2) is 0 Å². The van der Waals surface area contributed by atoms with Crippen LogP contribution in [0.5, 0.6) is 0 Å². The van der Waals surface area contributed by atoms with Crippen molar-refractivity contribution in [2.45, 2.75) is 19.4 Å². The topological polar surface area (TPSA) is 76.2 Å². The Balaban J connectivity index is 1.92. The van der Waals surface area contributed by atoms with E-state index in [0.717, 1.165) is 47.4 Å². The Morgan fingerprint density at radius 2 is 2.11 bits per heavy atom. The molecule has 142 valence electrons. The van der Waals surface area contributed by atoms with Crippen LogP contribution in [0.1, 0.15) is 16.9 Å². The lowest BCUT2D eigenvalue weighted by molar-refractivity contribution is 0.318. The second kappa shape index (κ2) is 7.59. The standard InChI is InChI=1S/C19H22ClN5OS/c1-24-10-7-14-15(11-24)27-17-16(14)18(26)25(13-5-3-12(20)4-6-13)19(23-17)22-9-2-8-21/h3-6H,2,7-11,21H2,1H3,(H,22,23). The number of benzene rings is 1. The largest absolute Gasteiger partial charge is 0.355 e. The number of hydrogen-bond donors (Lipinski definition) is 2. The number of fused-ring (bicyclic) bond motifs is 3. The molecule has 27 heavy (non-hydrogen) atoms. The summed E-state index contributed by atoms with van der Waals surface area (Å²) in [5.74, 6) is 0.551. The van der Waals surface area contributed by atoms with E-state index in [1.54, 1.807) is 28.0 Å². The third-order valence-corrected chi connectivity index (χ3v) is 6.18. The van der Waals surface area contributed by atoms with Crippen molar-refractivity contribution in [1.29, 1.82) is 0 Å². The van der Waals surface area contributed by atoms with E-state index in [1.165, 1.54) is 4.88 Å². The average Bonchev–Trinajstić information content (AvgIpc) is 3.00. The maximum Gasteiger partial charge on any atom is 0.268 e. The molecule has 0 spiro atoms. The van der Waals surface area contributed by atoms with Gasteiger partial charge in [-0.1, -0.05) is 11.6 Å². The minimum absolute atomic E-state index is 0.0281. The lowest BCUT2D eigenvalue weighted by atomic mass is 10.1. The predicted molar refractivity (Wildman–Crippen MR) is 112 cm³/mol. The molecule has 0 bridgehead atoms. The molecule has 0 atom stereocenters. The zero-order chi connectivity index (χ0) is 19.0. The zero-order valence-corrected chi connectivity index (χ0v) is 16.7. The smallest absolute Gasteiger partial charge is 0.268 e. The third kappa shape index (κ3) is 3.48. The van der Waals surface area contributed by atoms with Crippen LogP contribution in [0.15, 0.2) is 29.1 Å². The van der Waals surface area contributed by atoms with Gasteiger partial charge in [0.25, 0.3) is 5.56 Å². The Hall–Kier alpha value is -1.93. The van der Waals surface area contributed by atoms with Gasteiger partial charge in [-0.3, -0.25) is 4.79 Å². The number of nitrogens with one attached hydrogen (secondary N) is 1. The number of hydrogen-bond acceptors (Lipinski definition) is 6. The van der Waals surface area contributed by atoms with Gasteiger partial charge in [-0.15, -0.1) is 11.3 Å². The van der Waals surface area contributed by atoms with Crippen LogP contribution in [0.25, 0.3) is 15.9 Å². The van der Waals surface area contributed by atoms with E-state index >= 15 is 0 Å². The number of nitrogens with two attached hydrogens (primary N) is 1. The monoisotopic (exact) mass is 403 g/mol. The molecular formula is C19H22ClN5OS. The predicted octanol–water partition coefficient (Wildman–Crippen LogP) is 2.85. The Bertz CT molecular complexity index is 1030. The number of anilines is 1. The molecule has 3 N–H and O–H groups in total. The Labute approximate surface area is 166 Å². The molecule has 4 rings (SSSR count). The maximum absolute atomic E-state index is 13.5. The van der Waals surface area contributed by atoms with Crippen LogP contribution < -0.4 is 16.6 Å². The highest BCUT2D eigenvalue weighted by Gasteiger charge is 2.24. The normalized spacial score (nSPS) is 14.5. The van der Waals surface area contributed by atoms with Crippen molar-refractivity contribution in [3.63, 3.8) is 0 Å². The summed E-state index contributed by atoms with van der Waals surface area (Å²) in [6.07, 6.45) is 1.68. The summed E-state index contributed by atoms with van der Waals surface area (Å²) in [5, 5.41) is 4.67. The SMILES string of the molecule is CN1CCc2c(sc3nc(NCCCN)n(-c4ccc(Cl)cc4)c(=O)c23)C1. The van der Waals surface area contributed by atoms with Gasteiger partial charge in [0.2, 0.25) is 5.95 Å². The molecule has 0 saturated heterocycles. The number of nitrogens with zero attached hydrogens (tertiary/aromatic N) is 3. The lowest BCUT2D eigenvalue weighted by Gasteiger charge is -2.21. The van der Waals surface area contributed by atoms with E-state index in [1.807, 2.05) is 12.1 Å². The Morgan fingerprint density at radius 3 is 2.85 bits per heavy atom. The van der Waals surface area contributed by atoms with Crippen LogP contribution >= 0.6 is 22.9 Å². The van der Waals surface area contributed by atoms with Gasteiger partial charge < -0.3 is 16.0 Å².